The van der Waals surface area contributed by atoms with Crippen LogP contribution >= 0.6 is 0 Å². The van der Waals surface area contributed by atoms with E-state index in [2.05, 4.69) is 256 Å². The molecule has 0 spiro atoms. The van der Waals surface area contributed by atoms with E-state index in [0.29, 0.717) is 0 Å². The van der Waals surface area contributed by atoms with Crippen LogP contribution in [0, 0.1) is 0 Å². The molecule has 0 aromatic heterocycles. The lowest BCUT2D eigenvalue weighted by Crippen LogP contribution is -2.10. The zero-order valence-electron chi connectivity index (χ0n) is 54.2. The van der Waals surface area contributed by atoms with Crippen LogP contribution in [0.2, 0.25) is 0 Å². The van der Waals surface area contributed by atoms with E-state index in [1.807, 2.05) is 0 Å². The summed E-state index contributed by atoms with van der Waals surface area (Å²) >= 11 is 0. The minimum absolute atomic E-state index is 0.900. The highest BCUT2D eigenvalue weighted by molar-refractivity contribution is 5.80. The Kier molecular flexibility index (Phi) is 28.9. The molecule has 0 atom stereocenters. The van der Waals surface area contributed by atoms with Crippen molar-refractivity contribution in [2.45, 2.75) is 214 Å². The van der Waals surface area contributed by atoms with Gasteiger partial charge in [-0.1, -0.05) is 302 Å². The fourth-order valence-electron chi connectivity index (χ4n) is 12.2. The Morgan fingerprint density at radius 2 is 0.368 bits per heavy atom. The SMILES string of the molecule is CCCCCCCCc1ccc(N(c2ccc(/C=C/c3ccc(Cc4ccc(/C=C/c5ccc(N(c6ccc(CCCCCCCC)cc6)c6ccc(CCCCCCCC)cc6)cc5)cc4)cc3)cc2)c2ccc(CCCCCCCC)cc2)cc1. The number of benzene rings is 8. The summed E-state index contributed by atoms with van der Waals surface area (Å²) in [5.74, 6) is 0. The molecule has 0 N–H and O–H groups in total. The zero-order valence-corrected chi connectivity index (χ0v) is 54.2. The normalized spacial score (nSPS) is 11.5. The maximum absolute atomic E-state index is 2.42. The van der Waals surface area contributed by atoms with Crippen LogP contribution in [0.3, 0.4) is 0 Å². The largest absolute Gasteiger partial charge is 0.311 e. The highest BCUT2D eigenvalue weighted by Gasteiger charge is 2.15. The molecule has 0 fully saturated rings. The number of unbranched alkanes of at least 4 members (excludes halogenated alkanes) is 20. The second-order valence-corrected chi connectivity index (χ2v) is 24.9. The first-order valence-corrected chi connectivity index (χ1v) is 34.7. The van der Waals surface area contributed by atoms with Crippen molar-refractivity contribution in [2.75, 3.05) is 9.80 Å². The molecule has 2 nitrogen and oxygen atoms in total. The van der Waals surface area contributed by atoms with Crippen molar-refractivity contribution in [3.63, 3.8) is 0 Å². The first-order chi connectivity index (χ1) is 43.0. The Balaban J connectivity index is 0.858. The third kappa shape index (κ3) is 22.8. The second kappa shape index (κ2) is 38.2. The summed E-state index contributed by atoms with van der Waals surface area (Å²) in [6, 6.07) is 73.6. The van der Waals surface area contributed by atoms with Gasteiger partial charge in [0, 0.05) is 34.1 Å². The lowest BCUT2D eigenvalue weighted by atomic mass is 10.0. The highest BCUT2D eigenvalue weighted by atomic mass is 15.1. The summed E-state index contributed by atoms with van der Waals surface area (Å²) in [4.78, 5) is 4.83. The number of anilines is 6. The Morgan fingerprint density at radius 1 is 0.195 bits per heavy atom. The fourth-order valence-corrected chi connectivity index (χ4v) is 12.2. The van der Waals surface area contributed by atoms with E-state index in [4.69, 9.17) is 0 Å². The number of rotatable bonds is 40. The van der Waals surface area contributed by atoms with Crippen molar-refractivity contribution in [3.05, 3.63) is 250 Å². The van der Waals surface area contributed by atoms with Crippen LogP contribution in [0.5, 0.6) is 0 Å². The van der Waals surface area contributed by atoms with Crippen molar-refractivity contribution in [1.82, 2.24) is 0 Å². The fraction of sp³-hybridized carbons (Fsp3) is 0.388. The van der Waals surface area contributed by atoms with Crippen LogP contribution in [-0.4, -0.2) is 0 Å². The summed E-state index contributed by atoms with van der Waals surface area (Å²) in [7, 11) is 0. The minimum Gasteiger partial charge on any atom is -0.311 e. The van der Waals surface area contributed by atoms with E-state index >= 15 is 0 Å². The molecule has 2 heteroatoms. The van der Waals surface area contributed by atoms with Gasteiger partial charge in [-0.05, 0) is 186 Å². The van der Waals surface area contributed by atoms with E-state index in [9.17, 15) is 0 Å². The molecule has 0 amide bonds. The number of hydrogen-bond acceptors (Lipinski definition) is 2. The van der Waals surface area contributed by atoms with E-state index < -0.39 is 0 Å². The molecule has 456 valence electrons. The van der Waals surface area contributed by atoms with Gasteiger partial charge in [-0.2, -0.15) is 0 Å². The van der Waals surface area contributed by atoms with Crippen molar-refractivity contribution in [3.8, 4) is 0 Å². The van der Waals surface area contributed by atoms with Crippen molar-refractivity contribution < 1.29 is 0 Å². The average molecular weight is 1160 g/mol. The summed E-state index contributed by atoms with van der Waals surface area (Å²) < 4.78 is 0. The Morgan fingerprint density at radius 3 is 0.586 bits per heavy atom. The summed E-state index contributed by atoms with van der Waals surface area (Å²) in [5.41, 5.74) is 20.3. The van der Waals surface area contributed by atoms with Gasteiger partial charge in [0.15, 0.2) is 0 Å². The summed E-state index contributed by atoms with van der Waals surface area (Å²) in [6.07, 6.45) is 46.3. The van der Waals surface area contributed by atoms with Crippen LogP contribution < -0.4 is 9.80 Å². The third-order valence-corrected chi connectivity index (χ3v) is 17.7. The highest BCUT2D eigenvalue weighted by Crippen LogP contribution is 2.37. The molecule has 0 heterocycles. The van der Waals surface area contributed by atoms with E-state index in [0.717, 1.165) is 32.1 Å². The molecular formula is C85H106N2. The van der Waals surface area contributed by atoms with E-state index in [1.165, 1.54) is 244 Å². The van der Waals surface area contributed by atoms with Gasteiger partial charge in [0.2, 0.25) is 0 Å². The van der Waals surface area contributed by atoms with Gasteiger partial charge in [-0.25, -0.2) is 0 Å². The van der Waals surface area contributed by atoms with Crippen LogP contribution in [0.15, 0.2) is 194 Å². The number of nitrogens with zero attached hydrogens (tertiary/aromatic N) is 2. The van der Waals surface area contributed by atoms with E-state index in [1.54, 1.807) is 0 Å². The molecular weight excluding hydrogens is 1050 g/mol. The second-order valence-electron chi connectivity index (χ2n) is 24.9. The predicted octanol–water partition coefficient (Wildman–Crippen LogP) is 26.2. The molecule has 87 heavy (non-hydrogen) atoms. The smallest absolute Gasteiger partial charge is 0.0462 e. The number of hydrogen-bond donors (Lipinski definition) is 0. The molecule has 8 aromatic carbocycles. The van der Waals surface area contributed by atoms with Gasteiger partial charge >= 0.3 is 0 Å². The zero-order chi connectivity index (χ0) is 60.4. The maximum atomic E-state index is 2.42. The van der Waals surface area contributed by atoms with Crippen LogP contribution in [0.4, 0.5) is 34.1 Å². The molecule has 0 aliphatic heterocycles. The van der Waals surface area contributed by atoms with Gasteiger partial charge in [0.1, 0.15) is 0 Å². The molecule has 0 unspecified atom stereocenters. The number of aryl methyl sites for hydroxylation is 4. The standard InChI is InChI=1S/C85H106N2/c1-5-9-13-17-21-25-29-70-45-57-80(58-46-70)86(81-59-47-71(48-60-81)30-26-22-18-14-10-6-2)84-65-53-76(54-66-84)35-33-74-37-41-78(42-38-74)69-79-43-39-75(40-44-79)34-36-77-55-67-85(68-56-77)87(82-61-49-72(50-62-82)31-27-23-19-15-11-7-3)83-63-51-73(52-64-83)32-28-24-20-16-12-8-4/h33-68H,5-32,69H2,1-4H3/b35-33+,36-34+. The summed E-state index contributed by atoms with van der Waals surface area (Å²) in [5, 5.41) is 0. The topological polar surface area (TPSA) is 6.48 Å². The van der Waals surface area contributed by atoms with Gasteiger partial charge in [0.25, 0.3) is 0 Å². The molecule has 0 bridgehead atoms. The van der Waals surface area contributed by atoms with Gasteiger partial charge < -0.3 is 9.80 Å². The predicted molar refractivity (Wildman–Crippen MR) is 384 cm³/mol. The van der Waals surface area contributed by atoms with Crippen LogP contribution in [0.1, 0.15) is 237 Å². The van der Waals surface area contributed by atoms with Crippen molar-refractivity contribution in [2.24, 2.45) is 0 Å². The molecule has 0 radical (unpaired) electrons. The third-order valence-electron chi connectivity index (χ3n) is 17.7. The first-order valence-electron chi connectivity index (χ1n) is 34.7. The Bertz CT molecular complexity index is 2810. The quantitative estimate of drug-likeness (QED) is 0.0279. The molecule has 0 saturated heterocycles. The maximum Gasteiger partial charge on any atom is 0.0462 e. The van der Waals surface area contributed by atoms with E-state index in [-0.39, 0.29) is 0 Å². The molecule has 8 rings (SSSR count). The lowest BCUT2D eigenvalue weighted by Gasteiger charge is -2.26. The monoisotopic (exact) mass is 1150 g/mol. The molecule has 0 saturated carbocycles. The average Bonchev–Trinajstić information content (AvgIpc) is 3.74. The molecule has 0 aliphatic rings. The first kappa shape index (κ1) is 65.8. The molecule has 0 aliphatic carbocycles. The van der Waals surface area contributed by atoms with Crippen LogP contribution in [0.25, 0.3) is 24.3 Å². The van der Waals surface area contributed by atoms with Gasteiger partial charge in [0.05, 0.1) is 0 Å². The van der Waals surface area contributed by atoms with Crippen molar-refractivity contribution in [1.29, 1.82) is 0 Å². The Hall–Kier alpha value is -7.16. The Labute approximate surface area is 528 Å². The molecule has 8 aromatic rings. The van der Waals surface area contributed by atoms with Crippen molar-refractivity contribution >= 4 is 58.4 Å². The van der Waals surface area contributed by atoms with Gasteiger partial charge in [-0.15, -0.1) is 0 Å². The minimum atomic E-state index is 0.900. The summed E-state index contributed by atoms with van der Waals surface area (Å²) in [6.45, 7) is 9.17. The lowest BCUT2D eigenvalue weighted by molar-refractivity contribution is 0.607. The van der Waals surface area contributed by atoms with Gasteiger partial charge in [-0.3, -0.25) is 0 Å². The van der Waals surface area contributed by atoms with Crippen LogP contribution in [-0.2, 0) is 32.1 Å².